The van der Waals surface area contributed by atoms with Crippen LogP contribution in [0.4, 0.5) is 5.69 Å². The SMILES string of the molecule is COc1ccc(C(=O)N(CCCCCCC(=O)NO)c2ccc(-c3ccc4cc[nH]c4c3)c(CN)c2)cc1. The number of unbranched alkanes of at least 4 members (excludes halogenated alkanes) is 3. The number of hydrogen-bond donors (Lipinski definition) is 4. The number of aromatic amines is 1. The van der Waals surface area contributed by atoms with Crippen LogP contribution in [0.5, 0.6) is 5.75 Å². The van der Waals surface area contributed by atoms with Crippen LogP contribution in [0.15, 0.2) is 72.9 Å². The molecule has 0 radical (unpaired) electrons. The van der Waals surface area contributed by atoms with Crippen LogP contribution in [0.25, 0.3) is 22.0 Å². The first-order valence-corrected chi connectivity index (χ1v) is 12.8. The van der Waals surface area contributed by atoms with Crippen molar-refractivity contribution < 1.29 is 19.5 Å². The van der Waals surface area contributed by atoms with E-state index < -0.39 is 0 Å². The number of H-pyrrole nitrogens is 1. The second-order valence-electron chi connectivity index (χ2n) is 9.21. The molecule has 2 amide bonds. The largest absolute Gasteiger partial charge is 0.497 e. The van der Waals surface area contributed by atoms with E-state index in [1.54, 1.807) is 41.8 Å². The van der Waals surface area contributed by atoms with Crippen molar-refractivity contribution in [2.75, 3.05) is 18.6 Å². The predicted octanol–water partition coefficient (Wildman–Crippen LogP) is 5.40. The summed E-state index contributed by atoms with van der Waals surface area (Å²) in [7, 11) is 1.59. The van der Waals surface area contributed by atoms with Gasteiger partial charge in [-0.05, 0) is 83.4 Å². The fourth-order valence-corrected chi connectivity index (χ4v) is 4.62. The number of benzene rings is 3. The zero-order valence-corrected chi connectivity index (χ0v) is 21.6. The average molecular weight is 515 g/mol. The summed E-state index contributed by atoms with van der Waals surface area (Å²) in [5, 5.41) is 9.79. The number of carbonyl (C=O) groups excluding carboxylic acids is 2. The van der Waals surface area contributed by atoms with Crippen molar-refractivity contribution in [2.45, 2.75) is 38.6 Å². The normalized spacial score (nSPS) is 10.9. The highest BCUT2D eigenvalue weighted by atomic mass is 16.5. The molecule has 0 saturated heterocycles. The molecule has 8 nitrogen and oxygen atoms in total. The van der Waals surface area contributed by atoms with E-state index in [1.807, 2.05) is 30.5 Å². The van der Waals surface area contributed by atoms with Crippen LogP contribution in [-0.4, -0.2) is 35.7 Å². The summed E-state index contributed by atoms with van der Waals surface area (Å²) >= 11 is 0. The van der Waals surface area contributed by atoms with Gasteiger partial charge in [-0.15, -0.1) is 0 Å². The molecule has 38 heavy (non-hydrogen) atoms. The minimum absolute atomic E-state index is 0.101. The molecule has 1 heterocycles. The van der Waals surface area contributed by atoms with Gasteiger partial charge in [0.2, 0.25) is 5.91 Å². The number of carbonyl (C=O) groups is 2. The molecule has 0 atom stereocenters. The van der Waals surface area contributed by atoms with Crippen LogP contribution in [0.2, 0.25) is 0 Å². The van der Waals surface area contributed by atoms with Gasteiger partial charge in [0.15, 0.2) is 0 Å². The lowest BCUT2D eigenvalue weighted by molar-refractivity contribution is -0.129. The summed E-state index contributed by atoms with van der Waals surface area (Å²) in [4.78, 5) is 29.9. The third-order valence-electron chi connectivity index (χ3n) is 6.73. The number of nitrogens with two attached hydrogens (primary N) is 1. The molecular weight excluding hydrogens is 480 g/mol. The van der Waals surface area contributed by atoms with Gasteiger partial charge in [0.05, 0.1) is 7.11 Å². The first kappa shape index (κ1) is 26.9. The Kier molecular flexibility index (Phi) is 9.13. The molecule has 5 N–H and O–H groups in total. The summed E-state index contributed by atoms with van der Waals surface area (Å²) < 4.78 is 5.24. The molecule has 0 bridgehead atoms. The first-order chi connectivity index (χ1) is 18.5. The number of amides is 2. The van der Waals surface area contributed by atoms with Crippen molar-refractivity contribution in [1.82, 2.24) is 10.5 Å². The van der Waals surface area contributed by atoms with E-state index in [0.717, 1.165) is 52.5 Å². The summed E-state index contributed by atoms with van der Waals surface area (Å²) in [5.74, 6) is 0.204. The van der Waals surface area contributed by atoms with E-state index in [2.05, 4.69) is 23.2 Å². The maximum Gasteiger partial charge on any atom is 0.258 e. The number of anilines is 1. The standard InChI is InChI=1S/C30H34N4O4/c1-38-26-12-9-22(10-13-26)30(36)34(17-5-3-2-4-6-29(35)33-37)25-11-14-27(24(18-25)20-31)23-8-7-21-15-16-32-28(21)19-23/h7-16,18-19,32,37H,2-6,17,20,31H2,1H3,(H,33,35). The van der Waals surface area contributed by atoms with E-state index in [1.165, 1.54) is 0 Å². The van der Waals surface area contributed by atoms with E-state index in [9.17, 15) is 9.59 Å². The Bertz CT molecular complexity index is 1380. The second kappa shape index (κ2) is 12.9. The third-order valence-corrected chi connectivity index (χ3v) is 6.73. The minimum Gasteiger partial charge on any atom is -0.497 e. The Morgan fingerprint density at radius 2 is 1.76 bits per heavy atom. The lowest BCUT2D eigenvalue weighted by Crippen LogP contribution is -2.32. The number of ether oxygens (including phenoxy) is 1. The monoisotopic (exact) mass is 514 g/mol. The molecule has 0 aliphatic carbocycles. The minimum atomic E-state index is -0.383. The van der Waals surface area contributed by atoms with Gasteiger partial charge >= 0.3 is 0 Å². The molecule has 198 valence electrons. The number of methoxy groups -OCH3 is 1. The number of hydroxylamine groups is 1. The Morgan fingerprint density at radius 3 is 2.50 bits per heavy atom. The van der Waals surface area contributed by atoms with E-state index in [4.69, 9.17) is 15.7 Å². The van der Waals surface area contributed by atoms with Gasteiger partial charge in [-0.1, -0.05) is 31.0 Å². The van der Waals surface area contributed by atoms with Crippen molar-refractivity contribution >= 4 is 28.4 Å². The average Bonchev–Trinajstić information content (AvgIpc) is 3.44. The Hall–Kier alpha value is -4.14. The second-order valence-corrected chi connectivity index (χ2v) is 9.21. The van der Waals surface area contributed by atoms with Crippen molar-refractivity contribution in [3.05, 3.63) is 84.1 Å². The number of nitrogens with one attached hydrogen (secondary N) is 2. The molecule has 1 aromatic heterocycles. The Balaban J connectivity index is 1.57. The van der Waals surface area contributed by atoms with E-state index in [0.29, 0.717) is 30.8 Å². The van der Waals surface area contributed by atoms with Gasteiger partial charge in [-0.3, -0.25) is 14.8 Å². The maximum absolute atomic E-state index is 13.6. The smallest absolute Gasteiger partial charge is 0.258 e. The van der Waals surface area contributed by atoms with Crippen LogP contribution in [0, 0.1) is 0 Å². The molecule has 8 heteroatoms. The first-order valence-electron chi connectivity index (χ1n) is 12.8. The Morgan fingerprint density at radius 1 is 0.974 bits per heavy atom. The van der Waals surface area contributed by atoms with E-state index >= 15 is 0 Å². The van der Waals surface area contributed by atoms with Gasteiger partial charge in [0, 0.05) is 42.5 Å². The zero-order valence-electron chi connectivity index (χ0n) is 21.6. The van der Waals surface area contributed by atoms with Crippen LogP contribution < -0.4 is 20.9 Å². The van der Waals surface area contributed by atoms with Crippen LogP contribution in [0.3, 0.4) is 0 Å². The van der Waals surface area contributed by atoms with Crippen molar-refractivity contribution in [1.29, 1.82) is 0 Å². The molecule has 0 spiro atoms. The molecule has 0 aliphatic heterocycles. The van der Waals surface area contributed by atoms with Crippen molar-refractivity contribution in [2.24, 2.45) is 5.73 Å². The summed E-state index contributed by atoms with van der Waals surface area (Å²) in [6, 6.07) is 21.4. The van der Waals surface area contributed by atoms with Crippen LogP contribution in [-0.2, 0) is 11.3 Å². The number of rotatable bonds is 12. The topological polar surface area (TPSA) is 121 Å². The molecule has 0 aliphatic rings. The van der Waals surface area contributed by atoms with Gasteiger partial charge in [0.25, 0.3) is 5.91 Å². The number of aromatic nitrogens is 1. The summed E-state index contributed by atoms with van der Waals surface area (Å²) in [5.41, 5.74) is 13.3. The van der Waals surface area contributed by atoms with Crippen molar-refractivity contribution in [3.8, 4) is 16.9 Å². The molecule has 0 saturated carbocycles. The molecule has 3 aromatic carbocycles. The lowest BCUT2D eigenvalue weighted by atomic mass is 9.97. The quantitative estimate of drug-likeness (QED) is 0.115. The molecular formula is C30H34N4O4. The van der Waals surface area contributed by atoms with Crippen molar-refractivity contribution in [3.63, 3.8) is 0 Å². The van der Waals surface area contributed by atoms with Gasteiger partial charge in [0.1, 0.15) is 5.75 Å². The molecule has 0 fully saturated rings. The fourth-order valence-electron chi connectivity index (χ4n) is 4.62. The zero-order chi connectivity index (χ0) is 26.9. The molecule has 4 aromatic rings. The fraction of sp³-hybridized carbons (Fsp3) is 0.267. The molecule has 0 unspecified atom stereocenters. The number of fused-ring (bicyclic) bond motifs is 1. The summed E-state index contributed by atoms with van der Waals surface area (Å²) in [6.45, 7) is 0.859. The summed E-state index contributed by atoms with van der Waals surface area (Å²) in [6.07, 6.45) is 5.32. The Labute approximate surface area is 222 Å². The third kappa shape index (κ3) is 6.40. The van der Waals surface area contributed by atoms with Gasteiger partial charge < -0.3 is 20.4 Å². The highest BCUT2D eigenvalue weighted by molar-refractivity contribution is 6.06. The van der Waals surface area contributed by atoms with Crippen LogP contribution >= 0.6 is 0 Å². The lowest BCUT2D eigenvalue weighted by Gasteiger charge is -2.25. The number of hydrogen-bond acceptors (Lipinski definition) is 5. The van der Waals surface area contributed by atoms with Gasteiger partial charge in [-0.25, -0.2) is 5.48 Å². The van der Waals surface area contributed by atoms with E-state index in [-0.39, 0.29) is 18.2 Å². The molecule has 4 rings (SSSR count). The highest BCUT2D eigenvalue weighted by Gasteiger charge is 2.19. The van der Waals surface area contributed by atoms with Gasteiger partial charge in [-0.2, -0.15) is 0 Å². The van der Waals surface area contributed by atoms with Crippen LogP contribution in [0.1, 0.15) is 48.0 Å². The predicted molar refractivity (Wildman–Crippen MR) is 149 cm³/mol. The highest BCUT2D eigenvalue weighted by Crippen LogP contribution is 2.31. The number of nitrogens with zero attached hydrogens (tertiary/aromatic N) is 1. The maximum atomic E-state index is 13.6.